The van der Waals surface area contributed by atoms with Gasteiger partial charge >= 0.3 is 11.9 Å². The third kappa shape index (κ3) is 5.56. The fraction of sp³-hybridized carbons (Fsp3) is 0.167. The van der Waals surface area contributed by atoms with Gasteiger partial charge in [0.05, 0.1) is 0 Å². The Bertz CT molecular complexity index is 806. The number of hydrogen-bond acceptors (Lipinski definition) is 4. The highest BCUT2D eigenvalue weighted by Gasteiger charge is 2.22. The van der Waals surface area contributed by atoms with Crippen molar-refractivity contribution in [1.82, 2.24) is 5.32 Å². The molecule has 0 spiro atoms. The molecule has 2 N–H and O–H groups in total. The molecule has 0 heterocycles. The summed E-state index contributed by atoms with van der Waals surface area (Å²) in [5.41, 5.74) is 1.05. The van der Waals surface area contributed by atoms with Crippen LogP contribution in [0.4, 0.5) is 0 Å². The van der Waals surface area contributed by atoms with Gasteiger partial charge in [-0.25, -0.2) is 4.79 Å². The number of carbonyl (C=O) groups is 3. The lowest BCUT2D eigenvalue weighted by Gasteiger charge is -2.16. The fourth-order valence-corrected chi connectivity index (χ4v) is 2.80. The number of ether oxygens (including phenoxy) is 1. The molecule has 0 aromatic heterocycles. The van der Waals surface area contributed by atoms with Crippen molar-refractivity contribution in [2.45, 2.75) is 19.4 Å². The van der Waals surface area contributed by atoms with E-state index >= 15 is 0 Å². The van der Waals surface area contributed by atoms with Gasteiger partial charge in [0, 0.05) is 22.5 Å². The quantitative estimate of drug-likeness (QED) is 0.399. The Morgan fingerprint density at radius 2 is 1.88 bits per heavy atom. The molecule has 6 nitrogen and oxygen atoms in total. The summed E-state index contributed by atoms with van der Waals surface area (Å²) in [6.07, 6.45) is 0.170. The van der Waals surface area contributed by atoms with Crippen LogP contribution < -0.4 is 10.1 Å². The van der Waals surface area contributed by atoms with E-state index in [1.165, 1.54) is 19.1 Å². The summed E-state index contributed by atoms with van der Waals surface area (Å²) in [4.78, 5) is 34.9. The van der Waals surface area contributed by atoms with Gasteiger partial charge in [0.25, 0.3) is 5.91 Å². The molecule has 0 aliphatic carbocycles. The van der Waals surface area contributed by atoms with E-state index in [1.54, 1.807) is 12.1 Å². The van der Waals surface area contributed by atoms with Crippen molar-refractivity contribution in [3.05, 3.63) is 63.2 Å². The van der Waals surface area contributed by atoms with Crippen LogP contribution in [0.15, 0.2) is 48.5 Å². The molecule has 2 aromatic carbocycles. The SMILES string of the molecule is CC(=O)Oc1cccc(C(=O)N[C@H](Cc2ccccc2I)C(=O)O)c1. The Morgan fingerprint density at radius 3 is 2.52 bits per heavy atom. The van der Waals surface area contributed by atoms with Gasteiger partial charge in [0.2, 0.25) is 0 Å². The molecule has 0 bridgehead atoms. The summed E-state index contributed by atoms with van der Waals surface area (Å²) in [5, 5.41) is 11.9. The maximum absolute atomic E-state index is 12.4. The highest BCUT2D eigenvalue weighted by Crippen LogP contribution is 2.16. The minimum Gasteiger partial charge on any atom is -0.480 e. The Balaban J connectivity index is 2.14. The number of hydrogen-bond donors (Lipinski definition) is 2. The van der Waals surface area contributed by atoms with Crippen LogP contribution in [-0.2, 0) is 16.0 Å². The van der Waals surface area contributed by atoms with Crippen LogP contribution in [0.25, 0.3) is 0 Å². The van der Waals surface area contributed by atoms with Crippen molar-refractivity contribution in [2.75, 3.05) is 0 Å². The summed E-state index contributed by atoms with van der Waals surface area (Å²) < 4.78 is 5.86. The lowest BCUT2D eigenvalue weighted by Crippen LogP contribution is -2.42. The maximum Gasteiger partial charge on any atom is 0.326 e. The predicted octanol–water partition coefficient (Wildman–Crippen LogP) is 2.64. The molecule has 25 heavy (non-hydrogen) atoms. The number of carbonyl (C=O) groups excluding carboxylic acids is 2. The molecule has 2 rings (SSSR count). The molecule has 7 heteroatoms. The number of amides is 1. The zero-order chi connectivity index (χ0) is 18.4. The normalized spacial score (nSPS) is 11.4. The molecule has 0 aliphatic heterocycles. The number of carboxylic acid groups (broad SMARTS) is 1. The van der Waals surface area contributed by atoms with Gasteiger partial charge in [-0.15, -0.1) is 0 Å². The Morgan fingerprint density at radius 1 is 1.16 bits per heavy atom. The zero-order valence-electron chi connectivity index (χ0n) is 13.4. The van der Waals surface area contributed by atoms with E-state index < -0.39 is 23.9 Å². The van der Waals surface area contributed by atoms with Crippen molar-refractivity contribution < 1.29 is 24.2 Å². The van der Waals surface area contributed by atoms with Crippen LogP contribution in [0.5, 0.6) is 5.75 Å². The molecule has 1 atom stereocenters. The Hall–Kier alpha value is -2.42. The topological polar surface area (TPSA) is 92.7 Å². The highest BCUT2D eigenvalue weighted by molar-refractivity contribution is 14.1. The van der Waals surface area contributed by atoms with E-state index in [2.05, 4.69) is 27.9 Å². The van der Waals surface area contributed by atoms with E-state index in [0.29, 0.717) is 0 Å². The first-order valence-electron chi connectivity index (χ1n) is 7.42. The van der Waals surface area contributed by atoms with E-state index in [0.717, 1.165) is 9.13 Å². The summed E-state index contributed by atoms with van der Waals surface area (Å²) in [6, 6.07) is 12.3. The number of halogens is 1. The number of rotatable bonds is 6. The lowest BCUT2D eigenvalue weighted by molar-refractivity contribution is -0.139. The fourth-order valence-electron chi connectivity index (χ4n) is 2.19. The zero-order valence-corrected chi connectivity index (χ0v) is 15.5. The molecule has 0 radical (unpaired) electrons. The van der Waals surface area contributed by atoms with Crippen molar-refractivity contribution in [1.29, 1.82) is 0 Å². The average Bonchev–Trinajstić information content (AvgIpc) is 2.55. The monoisotopic (exact) mass is 453 g/mol. The third-order valence-electron chi connectivity index (χ3n) is 3.34. The van der Waals surface area contributed by atoms with Gasteiger partial charge < -0.3 is 15.2 Å². The summed E-state index contributed by atoms with van der Waals surface area (Å²) in [5.74, 6) is -1.94. The minimum absolute atomic E-state index is 0.170. The van der Waals surface area contributed by atoms with Gasteiger partial charge in [0.1, 0.15) is 11.8 Å². The second-order valence-electron chi connectivity index (χ2n) is 5.28. The summed E-state index contributed by atoms with van der Waals surface area (Å²) >= 11 is 2.12. The molecule has 2 aromatic rings. The lowest BCUT2D eigenvalue weighted by atomic mass is 10.1. The molecule has 1 amide bonds. The molecule has 0 aliphatic rings. The molecule has 0 fully saturated rings. The smallest absolute Gasteiger partial charge is 0.326 e. The number of esters is 1. The van der Waals surface area contributed by atoms with Crippen LogP contribution >= 0.6 is 22.6 Å². The van der Waals surface area contributed by atoms with Crippen molar-refractivity contribution in [2.24, 2.45) is 0 Å². The number of benzene rings is 2. The average molecular weight is 453 g/mol. The van der Waals surface area contributed by atoms with Crippen LogP contribution in [0, 0.1) is 3.57 Å². The van der Waals surface area contributed by atoms with Crippen molar-refractivity contribution >= 4 is 40.4 Å². The maximum atomic E-state index is 12.4. The number of aliphatic carboxylic acids is 1. The molecule has 0 saturated carbocycles. The Labute approximate surface area is 158 Å². The van der Waals surface area contributed by atoms with Crippen LogP contribution in [-0.4, -0.2) is 29.0 Å². The molecular weight excluding hydrogens is 437 g/mol. The molecular formula is C18H16INO5. The van der Waals surface area contributed by atoms with Gasteiger partial charge in [-0.1, -0.05) is 24.3 Å². The first kappa shape index (κ1) is 18.9. The molecule has 0 unspecified atom stereocenters. The summed E-state index contributed by atoms with van der Waals surface area (Å²) in [7, 11) is 0. The Kier molecular flexibility index (Phi) is 6.51. The largest absolute Gasteiger partial charge is 0.480 e. The third-order valence-corrected chi connectivity index (χ3v) is 4.40. The van der Waals surface area contributed by atoms with E-state index in [-0.39, 0.29) is 17.7 Å². The first-order chi connectivity index (χ1) is 11.9. The van der Waals surface area contributed by atoms with Gasteiger partial charge in [0.15, 0.2) is 0 Å². The van der Waals surface area contributed by atoms with E-state index in [4.69, 9.17) is 4.74 Å². The highest BCUT2D eigenvalue weighted by atomic mass is 127. The van der Waals surface area contributed by atoms with Gasteiger partial charge in [-0.2, -0.15) is 0 Å². The second-order valence-corrected chi connectivity index (χ2v) is 6.44. The van der Waals surface area contributed by atoms with Crippen LogP contribution in [0.3, 0.4) is 0 Å². The van der Waals surface area contributed by atoms with Gasteiger partial charge in [-0.05, 0) is 52.4 Å². The second kappa shape index (κ2) is 8.61. The number of carboxylic acids is 1. The summed E-state index contributed by atoms with van der Waals surface area (Å²) in [6.45, 7) is 1.26. The number of nitrogens with one attached hydrogen (secondary N) is 1. The molecule has 0 saturated heterocycles. The van der Waals surface area contributed by atoms with Crippen LogP contribution in [0.1, 0.15) is 22.8 Å². The predicted molar refractivity (Wildman–Crippen MR) is 99.5 cm³/mol. The van der Waals surface area contributed by atoms with Gasteiger partial charge in [-0.3, -0.25) is 9.59 Å². The first-order valence-corrected chi connectivity index (χ1v) is 8.50. The minimum atomic E-state index is -1.12. The van der Waals surface area contributed by atoms with E-state index in [1.807, 2.05) is 24.3 Å². The standard InChI is InChI=1S/C18H16INO5/c1-11(21)25-14-7-4-6-13(9-14)17(22)20-16(18(23)24)10-12-5-2-3-8-15(12)19/h2-9,16H,10H2,1H3,(H,20,22)(H,23,24)/t16-/m1/s1. The van der Waals surface area contributed by atoms with E-state index in [9.17, 15) is 19.5 Å². The molecule has 130 valence electrons. The van der Waals surface area contributed by atoms with Crippen LogP contribution in [0.2, 0.25) is 0 Å². The van der Waals surface area contributed by atoms with Crippen molar-refractivity contribution in [3.8, 4) is 5.75 Å². The van der Waals surface area contributed by atoms with Crippen molar-refractivity contribution in [3.63, 3.8) is 0 Å².